The van der Waals surface area contributed by atoms with E-state index in [1.54, 1.807) is 12.1 Å². The van der Waals surface area contributed by atoms with Crippen molar-refractivity contribution in [3.63, 3.8) is 0 Å². The molecule has 4 nitrogen and oxygen atoms in total. The Morgan fingerprint density at radius 2 is 2.00 bits per heavy atom. The molecular weight excluding hydrogens is 375 g/mol. The first-order valence-electron chi connectivity index (χ1n) is 8.35. The standard InChI is InChI=1S/C19H22F3N3OS/c1-14-23-17(13-27-14)7-8-18(26)25(10-9-24(2)3)12-15-5-4-6-16(11-15)19(20,21)22/h4-8,11,13H,9-10,12H2,1-3H3/b8-7+. The van der Waals surface area contributed by atoms with Gasteiger partial charge in [0, 0.05) is 31.1 Å². The number of thiazole rings is 1. The molecule has 1 aromatic carbocycles. The first-order valence-corrected chi connectivity index (χ1v) is 9.23. The molecule has 0 aliphatic rings. The van der Waals surface area contributed by atoms with Crippen molar-refractivity contribution in [1.29, 1.82) is 0 Å². The van der Waals surface area contributed by atoms with Crippen LogP contribution in [-0.2, 0) is 17.5 Å². The second kappa shape index (κ2) is 9.14. The van der Waals surface area contributed by atoms with Crippen molar-refractivity contribution in [1.82, 2.24) is 14.8 Å². The molecule has 0 bridgehead atoms. The van der Waals surface area contributed by atoms with Crippen LogP contribution in [0.5, 0.6) is 0 Å². The number of carbonyl (C=O) groups is 1. The Morgan fingerprint density at radius 3 is 2.59 bits per heavy atom. The third-order valence-corrected chi connectivity index (χ3v) is 4.58. The molecule has 1 heterocycles. The van der Waals surface area contributed by atoms with Crippen molar-refractivity contribution >= 4 is 23.3 Å². The molecule has 2 rings (SSSR count). The molecule has 2 aromatic rings. The normalized spacial score (nSPS) is 12.1. The van der Waals surface area contributed by atoms with Gasteiger partial charge in [0.25, 0.3) is 0 Å². The predicted molar refractivity (Wildman–Crippen MR) is 101 cm³/mol. The number of carbonyl (C=O) groups excluding carboxylic acids is 1. The lowest BCUT2D eigenvalue weighted by Crippen LogP contribution is -2.35. The van der Waals surface area contributed by atoms with Gasteiger partial charge < -0.3 is 9.80 Å². The SMILES string of the molecule is Cc1nc(/C=C/C(=O)N(CCN(C)C)Cc2cccc(C(F)(F)F)c2)cs1. The molecule has 0 fully saturated rings. The van der Waals surface area contributed by atoms with E-state index in [2.05, 4.69) is 4.98 Å². The highest BCUT2D eigenvalue weighted by atomic mass is 32.1. The van der Waals surface area contributed by atoms with Crippen LogP contribution in [0, 0.1) is 6.92 Å². The minimum Gasteiger partial charge on any atom is -0.334 e. The summed E-state index contributed by atoms with van der Waals surface area (Å²) in [6.45, 7) is 2.99. The zero-order valence-electron chi connectivity index (χ0n) is 15.5. The second-order valence-corrected chi connectivity index (χ2v) is 7.45. The molecule has 0 radical (unpaired) electrons. The lowest BCUT2D eigenvalue weighted by molar-refractivity contribution is -0.137. The van der Waals surface area contributed by atoms with Crippen molar-refractivity contribution < 1.29 is 18.0 Å². The van der Waals surface area contributed by atoms with E-state index in [1.165, 1.54) is 28.4 Å². The molecule has 0 saturated heterocycles. The number of alkyl halides is 3. The van der Waals surface area contributed by atoms with E-state index in [-0.39, 0.29) is 12.5 Å². The molecule has 0 atom stereocenters. The van der Waals surface area contributed by atoms with Crippen molar-refractivity contribution in [2.75, 3.05) is 27.2 Å². The molecule has 0 unspecified atom stereocenters. The number of aromatic nitrogens is 1. The maximum atomic E-state index is 12.9. The lowest BCUT2D eigenvalue weighted by atomic mass is 10.1. The van der Waals surface area contributed by atoms with Crippen molar-refractivity contribution in [3.05, 3.63) is 57.6 Å². The van der Waals surface area contributed by atoms with E-state index >= 15 is 0 Å². The van der Waals surface area contributed by atoms with E-state index in [4.69, 9.17) is 0 Å². The Hall–Kier alpha value is -2.19. The van der Waals surface area contributed by atoms with E-state index in [0.29, 0.717) is 24.3 Å². The highest BCUT2D eigenvalue weighted by molar-refractivity contribution is 7.09. The number of benzene rings is 1. The van der Waals surface area contributed by atoms with E-state index in [9.17, 15) is 18.0 Å². The van der Waals surface area contributed by atoms with Gasteiger partial charge >= 0.3 is 6.18 Å². The number of aryl methyl sites for hydroxylation is 1. The van der Waals surface area contributed by atoms with Crippen molar-refractivity contribution in [2.45, 2.75) is 19.6 Å². The summed E-state index contributed by atoms with van der Waals surface area (Å²) in [5.74, 6) is -0.264. The van der Waals surface area contributed by atoms with Crippen LogP contribution in [0.15, 0.2) is 35.7 Å². The van der Waals surface area contributed by atoms with Gasteiger partial charge in [0.2, 0.25) is 5.91 Å². The third kappa shape index (κ3) is 6.80. The summed E-state index contributed by atoms with van der Waals surface area (Å²) in [6.07, 6.45) is -1.37. The van der Waals surface area contributed by atoms with Gasteiger partial charge in [0.15, 0.2) is 0 Å². The molecule has 0 N–H and O–H groups in total. The smallest absolute Gasteiger partial charge is 0.334 e. The number of amides is 1. The van der Waals surface area contributed by atoms with Gasteiger partial charge in [-0.2, -0.15) is 13.2 Å². The van der Waals surface area contributed by atoms with Crippen LogP contribution in [0.2, 0.25) is 0 Å². The van der Waals surface area contributed by atoms with Crippen LogP contribution < -0.4 is 0 Å². The van der Waals surface area contributed by atoms with Gasteiger partial charge in [-0.3, -0.25) is 4.79 Å². The molecule has 8 heteroatoms. The Morgan fingerprint density at radius 1 is 1.26 bits per heavy atom. The highest BCUT2D eigenvalue weighted by Crippen LogP contribution is 2.29. The maximum absolute atomic E-state index is 12.9. The fraction of sp³-hybridized carbons (Fsp3) is 0.368. The number of halogens is 3. The monoisotopic (exact) mass is 397 g/mol. The number of rotatable bonds is 7. The summed E-state index contributed by atoms with van der Waals surface area (Å²) < 4.78 is 38.8. The topological polar surface area (TPSA) is 36.4 Å². The van der Waals surface area contributed by atoms with E-state index < -0.39 is 11.7 Å². The average molecular weight is 397 g/mol. The van der Waals surface area contributed by atoms with Gasteiger partial charge in [-0.25, -0.2) is 4.98 Å². The first kappa shape index (κ1) is 21.1. The van der Waals surface area contributed by atoms with Crippen LogP contribution in [-0.4, -0.2) is 47.9 Å². The molecule has 27 heavy (non-hydrogen) atoms. The van der Waals surface area contributed by atoms with E-state index in [1.807, 2.05) is 31.3 Å². The number of hydrogen-bond acceptors (Lipinski definition) is 4. The summed E-state index contributed by atoms with van der Waals surface area (Å²) in [7, 11) is 3.75. The Kier molecular flexibility index (Phi) is 7.15. The molecular formula is C19H22F3N3OS. The number of nitrogens with zero attached hydrogens (tertiary/aromatic N) is 3. The molecule has 146 valence electrons. The minimum absolute atomic E-state index is 0.108. The molecule has 0 aliphatic heterocycles. The van der Waals surface area contributed by atoms with E-state index in [0.717, 1.165) is 17.1 Å². The fourth-order valence-corrected chi connectivity index (χ4v) is 2.95. The summed E-state index contributed by atoms with van der Waals surface area (Å²) in [6, 6.07) is 5.07. The Bertz CT molecular complexity index is 799. The zero-order chi connectivity index (χ0) is 20.0. The fourth-order valence-electron chi connectivity index (χ4n) is 2.37. The first-order chi connectivity index (χ1) is 12.6. The Labute approximate surface area is 160 Å². The molecule has 1 amide bonds. The largest absolute Gasteiger partial charge is 0.416 e. The average Bonchev–Trinajstić information content (AvgIpc) is 3.01. The lowest BCUT2D eigenvalue weighted by Gasteiger charge is -2.23. The van der Waals surface area contributed by atoms with Gasteiger partial charge in [0.1, 0.15) is 0 Å². The van der Waals surface area contributed by atoms with Crippen LogP contribution in [0.25, 0.3) is 6.08 Å². The summed E-state index contributed by atoms with van der Waals surface area (Å²) in [4.78, 5) is 20.3. The zero-order valence-corrected chi connectivity index (χ0v) is 16.3. The summed E-state index contributed by atoms with van der Waals surface area (Å²) in [5.41, 5.74) is 0.417. The summed E-state index contributed by atoms with van der Waals surface area (Å²) in [5, 5.41) is 2.74. The van der Waals surface area contributed by atoms with Crippen LogP contribution in [0.3, 0.4) is 0 Å². The van der Waals surface area contributed by atoms with Crippen LogP contribution >= 0.6 is 11.3 Å². The van der Waals surface area contributed by atoms with Crippen LogP contribution in [0.4, 0.5) is 13.2 Å². The predicted octanol–water partition coefficient (Wildman–Crippen LogP) is 4.07. The van der Waals surface area contributed by atoms with Crippen molar-refractivity contribution in [3.8, 4) is 0 Å². The summed E-state index contributed by atoms with van der Waals surface area (Å²) >= 11 is 1.48. The Balaban J connectivity index is 2.16. The number of hydrogen-bond donors (Lipinski definition) is 0. The molecule has 0 saturated carbocycles. The highest BCUT2D eigenvalue weighted by Gasteiger charge is 2.30. The van der Waals surface area contributed by atoms with Gasteiger partial charge in [-0.05, 0) is 44.8 Å². The van der Waals surface area contributed by atoms with Crippen LogP contribution in [0.1, 0.15) is 21.8 Å². The second-order valence-electron chi connectivity index (χ2n) is 6.39. The minimum atomic E-state index is -4.41. The number of likely N-dealkylation sites (N-methyl/N-ethyl adjacent to an activating group) is 1. The van der Waals surface area contributed by atoms with Gasteiger partial charge in [-0.15, -0.1) is 11.3 Å². The molecule has 0 spiro atoms. The quantitative estimate of drug-likeness (QED) is 0.661. The maximum Gasteiger partial charge on any atom is 0.416 e. The van der Waals surface area contributed by atoms with Gasteiger partial charge in [0.05, 0.1) is 16.3 Å². The third-order valence-electron chi connectivity index (χ3n) is 3.79. The molecule has 1 aromatic heterocycles. The van der Waals surface area contributed by atoms with Crippen molar-refractivity contribution in [2.24, 2.45) is 0 Å². The molecule has 0 aliphatic carbocycles. The van der Waals surface area contributed by atoms with Gasteiger partial charge in [-0.1, -0.05) is 12.1 Å².